The SMILES string of the molecule is O=C1N(CCO)c2ccc(CC3CCCCCCC3)cc2C12CCNCC2. The number of aliphatic hydroxyl groups excluding tert-OH is 1. The zero-order valence-corrected chi connectivity index (χ0v) is 16.5. The second-order valence-corrected chi connectivity index (χ2v) is 8.78. The van der Waals surface area contributed by atoms with Crippen LogP contribution in [0.1, 0.15) is 68.9 Å². The summed E-state index contributed by atoms with van der Waals surface area (Å²) in [6, 6.07) is 6.72. The second kappa shape index (κ2) is 8.32. The van der Waals surface area contributed by atoms with Gasteiger partial charge in [-0.25, -0.2) is 0 Å². The summed E-state index contributed by atoms with van der Waals surface area (Å²) in [7, 11) is 0. The zero-order valence-electron chi connectivity index (χ0n) is 16.5. The van der Waals surface area contributed by atoms with E-state index in [0.29, 0.717) is 6.54 Å². The van der Waals surface area contributed by atoms with Gasteiger partial charge in [-0.15, -0.1) is 0 Å². The van der Waals surface area contributed by atoms with Gasteiger partial charge in [0.2, 0.25) is 5.91 Å². The van der Waals surface area contributed by atoms with Gasteiger partial charge in [-0.05, 0) is 55.5 Å². The van der Waals surface area contributed by atoms with Crippen LogP contribution in [-0.4, -0.2) is 37.3 Å². The van der Waals surface area contributed by atoms with Crippen LogP contribution in [0.25, 0.3) is 0 Å². The van der Waals surface area contributed by atoms with Gasteiger partial charge in [0, 0.05) is 12.2 Å². The minimum Gasteiger partial charge on any atom is -0.395 e. The van der Waals surface area contributed by atoms with Crippen LogP contribution < -0.4 is 10.2 Å². The number of carbonyl (C=O) groups is 1. The highest BCUT2D eigenvalue weighted by Crippen LogP contribution is 2.47. The van der Waals surface area contributed by atoms with E-state index in [-0.39, 0.29) is 17.9 Å². The first-order valence-corrected chi connectivity index (χ1v) is 11.0. The highest BCUT2D eigenvalue weighted by Gasteiger charge is 2.50. The zero-order chi connectivity index (χ0) is 18.7. The molecule has 1 aliphatic carbocycles. The number of hydrogen-bond acceptors (Lipinski definition) is 3. The number of fused-ring (bicyclic) bond motifs is 2. The number of piperidine rings is 1. The first-order chi connectivity index (χ1) is 13.2. The maximum atomic E-state index is 13.3. The van der Waals surface area contributed by atoms with Gasteiger partial charge in [0.25, 0.3) is 0 Å². The summed E-state index contributed by atoms with van der Waals surface area (Å²) in [4.78, 5) is 15.1. The van der Waals surface area contributed by atoms with E-state index in [2.05, 4.69) is 23.5 Å². The molecule has 2 fully saturated rings. The first-order valence-electron chi connectivity index (χ1n) is 11.0. The fourth-order valence-electron chi connectivity index (χ4n) is 5.55. The third kappa shape index (κ3) is 3.66. The largest absolute Gasteiger partial charge is 0.395 e. The molecular formula is C23H34N2O2. The molecule has 2 aliphatic heterocycles. The molecule has 3 aliphatic rings. The van der Waals surface area contributed by atoms with E-state index >= 15 is 0 Å². The predicted molar refractivity (Wildman–Crippen MR) is 109 cm³/mol. The number of β-amino-alcohol motifs (C(OH)–C–C–N with tert-alkyl or cyclic N) is 1. The third-order valence-electron chi connectivity index (χ3n) is 7.05. The van der Waals surface area contributed by atoms with Crippen LogP contribution in [-0.2, 0) is 16.6 Å². The maximum absolute atomic E-state index is 13.3. The molecule has 1 spiro atoms. The van der Waals surface area contributed by atoms with Gasteiger partial charge in [0.1, 0.15) is 0 Å². The number of rotatable bonds is 4. The van der Waals surface area contributed by atoms with E-state index in [1.54, 1.807) is 0 Å². The van der Waals surface area contributed by atoms with Gasteiger partial charge in [-0.2, -0.15) is 0 Å². The Hall–Kier alpha value is -1.39. The van der Waals surface area contributed by atoms with Crippen LogP contribution in [0.15, 0.2) is 18.2 Å². The molecule has 1 saturated heterocycles. The van der Waals surface area contributed by atoms with E-state index in [1.165, 1.54) is 56.1 Å². The number of carbonyl (C=O) groups excluding carboxylic acids is 1. The van der Waals surface area contributed by atoms with Gasteiger partial charge in [-0.1, -0.05) is 57.1 Å². The van der Waals surface area contributed by atoms with Crippen molar-refractivity contribution in [2.45, 2.75) is 69.6 Å². The molecule has 1 aromatic rings. The van der Waals surface area contributed by atoms with Crippen LogP contribution in [0.3, 0.4) is 0 Å². The molecule has 4 rings (SSSR count). The van der Waals surface area contributed by atoms with Gasteiger partial charge < -0.3 is 15.3 Å². The molecule has 0 bridgehead atoms. The highest BCUT2D eigenvalue weighted by atomic mass is 16.3. The van der Waals surface area contributed by atoms with Crippen molar-refractivity contribution < 1.29 is 9.90 Å². The number of aliphatic hydroxyl groups is 1. The number of anilines is 1. The Morgan fingerprint density at radius 2 is 1.78 bits per heavy atom. The molecule has 1 amide bonds. The van der Waals surface area contributed by atoms with Crippen LogP contribution in [0.5, 0.6) is 0 Å². The summed E-state index contributed by atoms with van der Waals surface area (Å²) >= 11 is 0. The summed E-state index contributed by atoms with van der Waals surface area (Å²) in [5, 5.41) is 12.9. The molecule has 2 heterocycles. The Bertz CT molecular complexity index is 658. The van der Waals surface area contributed by atoms with Gasteiger partial charge in [0.15, 0.2) is 0 Å². The first kappa shape index (κ1) is 18.9. The Labute approximate surface area is 163 Å². The molecular weight excluding hydrogens is 336 g/mol. The molecule has 27 heavy (non-hydrogen) atoms. The van der Waals surface area contributed by atoms with Gasteiger partial charge in [-0.3, -0.25) is 4.79 Å². The monoisotopic (exact) mass is 370 g/mol. The highest BCUT2D eigenvalue weighted by molar-refractivity contribution is 6.08. The molecule has 1 saturated carbocycles. The number of hydrogen-bond donors (Lipinski definition) is 2. The smallest absolute Gasteiger partial charge is 0.237 e. The number of nitrogens with zero attached hydrogens (tertiary/aromatic N) is 1. The predicted octanol–water partition coefficient (Wildman–Crippen LogP) is 3.55. The second-order valence-electron chi connectivity index (χ2n) is 8.78. The molecule has 0 aromatic heterocycles. The Balaban J connectivity index is 1.61. The summed E-state index contributed by atoms with van der Waals surface area (Å²) in [6.45, 7) is 2.21. The van der Waals surface area contributed by atoms with Crippen molar-refractivity contribution in [3.05, 3.63) is 29.3 Å². The average Bonchev–Trinajstić information content (AvgIpc) is 2.87. The van der Waals surface area contributed by atoms with Gasteiger partial charge >= 0.3 is 0 Å². The number of benzene rings is 1. The standard InChI is InChI=1S/C23H34N2O2/c26-15-14-25-21-9-8-19(16-18-6-4-2-1-3-5-7-18)17-20(21)23(22(25)27)10-12-24-13-11-23/h8-9,17-18,24,26H,1-7,10-16H2. The molecule has 0 atom stereocenters. The topological polar surface area (TPSA) is 52.6 Å². The number of amides is 1. The quantitative estimate of drug-likeness (QED) is 0.852. The average molecular weight is 371 g/mol. The lowest BCUT2D eigenvalue weighted by molar-refractivity contribution is -0.124. The van der Waals surface area contributed by atoms with Crippen LogP contribution in [0.4, 0.5) is 5.69 Å². The minimum atomic E-state index is -0.368. The van der Waals surface area contributed by atoms with Crippen molar-refractivity contribution in [1.82, 2.24) is 5.32 Å². The normalized spacial score (nSPS) is 23.3. The molecule has 0 unspecified atom stereocenters. The van der Waals surface area contributed by atoms with E-state index < -0.39 is 0 Å². The molecule has 4 heteroatoms. The lowest BCUT2D eigenvalue weighted by Crippen LogP contribution is -2.47. The Morgan fingerprint density at radius 1 is 1.07 bits per heavy atom. The molecule has 2 N–H and O–H groups in total. The van der Waals surface area contributed by atoms with Crippen molar-refractivity contribution in [2.75, 3.05) is 31.1 Å². The van der Waals surface area contributed by atoms with Crippen LogP contribution >= 0.6 is 0 Å². The Morgan fingerprint density at radius 3 is 2.48 bits per heavy atom. The molecule has 4 nitrogen and oxygen atoms in total. The van der Waals surface area contributed by atoms with Crippen molar-refractivity contribution in [1.29, 1.82) is 0 Å². The van der Waals surface area contributed by atoms with Crippen molar-refractivity contribution in [2.24, 2.45) is 5.92 Å². The van der Waals surface area contributed by atoms with Crippen LogP contribution in [0, 0.1) is 5.92 Å². The van der Waals surface area contributed by atoms with Gasteiger partial charge in [0.05, 0.1) is 12.0 Å². The Kier molecular flexibility index (Phi) is 5.84. The fraction of sp³-hybridized carbons (Fsp3) is 0.696. The van der Waals surface area contributed by atoms with E-state index in [9.17, 15) is 9.90 Å². The lowest BCUT2D eigenvalue weighted by Gasteiger charge is -2.33. The van der Waals surface area contributed by atoms with Crippen molar-refractivity contribution in [3.8, 4) is 0 Å². The minimum absolute atomic E-state index is 0.0172. The third-order valence-corrected chi connectivity index (χ3v) is 7.05. The lowest BCUT2D eigenvalue weighted by atomic mass is 9.73. The van der Waals surface area contributed by atoms with E-state index in [0.717, 1.165) is 44.0 Å². The summed E-state index contributed by atoms with van der Waals surface area (Å²) in [5.41, 5.74) is 3.30. The van der Waals surface area contributed by atoms with E-state index in [4.69, 9.17) is 0 Å². The summed E-state index contributed by atoms with van der Waals surface area (Å²) in [6.07, 6.45) is 12.5. The van der Waals surface area contributed by atoms with Crippen molar-refractivity contribution in [3.63, 3.8) is 0 Å². The van der Waals surface area contributed by atoms with Crippen LogP contribution in [0.2, 0.25) is 0 Å². The van der Waals surface area contributed by atoms with Crippen molar-refractivity contribution >= 4 is 11.6 Å². The fourth-order valence-corrected chi connectivity index (χ4v) is 5.55. The summed E-state index contributed by atoms with van der Waals surface area (Å²) in [5.74, 6) is 0.995. The molecule has 0 radical (unpaired) electrons. The molecule has 1 aromatic carbocycles. The number of nitrogens with one attached hydrogen (secondary N) is 1. The summed E-state index contributed by atoms with van der Waals surface area (Å²) < 4.78 is 0. The van der Waals surface area contributed by atoms with E-state index in [1.807, 2.05) is 4.90 Å². The maximum Gasteiger partial charge on any atom is 0.237 e. The molecule has 148 valence electrons.